The maximum Gasteiger partial charge on any atom is 0.223 e. The van der Waals surface area contributed by atoms with Crippen molar-refractivity contribution in [1.82, 2.24) is 10.3 Å². The number of carbonyl (C=O) groups excluding carboxylic acids is 1. The van der Waals surface area contributed by atoms with E-state index in [-0.39, 0.29) is 11.8 Å². The Bertz CT molecular complexity index is 707. The van der Waals surface area contributed by atoms with Crippen molar-refractivity contribution in [2.75, 3.05) is 25.1 Å². The van der Waals surface area contributed by atoms with Crippen LogP contribution in [0.25, 0.3) is 0 Å². The molecule has 0 aliphatic carbocycles. The number of carbonyl (C=O) groups is 1. The number of pyridine rings is 1. The van der Waals surface area contributed by atoms with Crippen molar-refractivity contribution < 1.29 is 9.53 Å². The molecule has 5 nitrogen and oxygen atoms in total. The molecule has 0 radical (unpaired) electrons. The second kappa shape index (κ2) is 8.01. The highest BCUT2D eigenvalue weighted by atomic mass is 16.5. The van der Waals surface area contributed by atoms with Gasteiger partial charge in [0.2, 0.25) is 5.91 Å². The smallest absolute Gasteiger partial charge is 0.223 e. The third-order valence-corrected chi connectivity index (χ3v) is 4.72. The fraction of sp³-hybridized carbons (Fsp3) is 0.400. The second-order valence-electron chi connectivity index (χ2n) is 6.52. The predicted molar refractivity (Wildman–Crippen MR) is 98.8 cm³/mol. The van der Waals surface area contributed by atoms with Gasteiger partial charge in [-0.25, -0.2) is 4.98 Å². The van der Waals surface area contributed by atoms with Gasteiger partial charge < -0.3 is 15.0 Å². The lowest BCUT2D eigenvalue weighted by Gasteiger charge is -2.32. The lowest BCUT2D eigenvalue weighted by Crippen LogP contribution is -2.40. The summed E-state index contributed by atoms with van der Waals surface area (Å²) in [5.41, 5.74) is 2.29. The van der Waals surface area contributed by atoms with Gasteiger partial charge in [-0.05, 0) is 55.2 Å². The minimum Gasteiger partial charge on any atom is -0.497 e. The summed E-state index contributed by atoms with van der Waals surface area (Å²) in [4.78, 5) is 19.1. The molecule has 1 aliphatic rings. The zero-order valence-corrected chi connectivity index (χ0v) is 14.9. The van der Waals surface area contributed by atoms with E-state index >= 15 is 0 Å². The van der Waals surface area contributed by atoms with E-state index in [9.17, 15) is 4.79 Å². The first-order valence-corrected chi connectivity index (χ1v) is 8.74. The van der Waals surface area contributed by atoms with Crippen LogP contribution in [0, 0.1) is 12.8 Å². The van der Waals surface area contributed by atoms with Crippen molar-refractivity contribution in [3.63, 3.8) is 0 Å². The third kappa shape index (κ3) is 4.50. The number of hydrogen-bond donors (Lipinski definition) is 1. The molecule has 2 aromatic rings. The van der Waals surface area contributed by atoms with Crippen LogP contribution in [0.1, 0.15) is 24.0 Å². The topological polar surface area (TPSA) is 54.5 Å². The van der Waals surface area contributed by atoms with Crippen LogP contribution < -0.4 is 15.0 Å². The Balaban J connectivity index is 1.48. The Kier molecular flexibility index (Phi) is 5.53. The summed E-state index contributed by atoms with van der Waals surface area (Å²) in [6, 6.07) is 11.9. The number of methoxy groups -OCH3 is 1. The number of hydrogen-bond acceptors (Lipinski definition) is 4. The van der Waals surface area contributed by atoms with E-state index in [1.165, 1.54) is 5.56 Å². The van der Waals surface area contributed by atoms with E-state index in [2.05, 4.69) is 28.2 Å². The summed E-state index contributed by atoms with van der Waals surface area (Å²) in [7, 11) is 1.65. The number of rotatable bonds is 5. The molecule has 3 rings (SSSR count). The first-order chi connectivity index (χ1) is 12.2. The van der Waals surface area contributed by atoms with Crippen molar-refractivity contribution in [3.8, 4) is 5.75 Å². The summed E-state index contributed by atoms with van der Waals surface area (Å²) < 4.78 is 5.15. The van der Waals surface area contributed by atoms with Crippen LogP contribution in [-0.2, 0) is 11.3 Å². The molecule has 0 bridgehead atoms. The molecular formula is C20H25N3O2. The zero-order valence-electron chi connectivity index (χ0n) is 14.9. The standard InChI is InChI=1S/C20H25N3O2/c1-15-7-10-21-19(13-15)23-11-8-17(9-12-23)20(24)22-14-16-3-5-18(25-2)6-4-16/h3-7,10,13,17H,8-9,11-12,14H2,1-2H3,(H,22,24). The number of ether oxygens (including phenoxy) is 1. The monoisotopic (exact) mass is 339 g/mol. The zero-order chi connectivity index (χ0) is 17.6. The molecule has 0 atom stereocenters. The average Bonchev–Trinajstić information content (AvgIpc) is 2.66. The molecule has 25 heavy (non-hydrogen) atoms. The van der Waals surface area contributed by atoms with Gasteiger partial charge in [-0.15, -0.1) is 0 Å². The number of nitrogens with zero attached hydrogens (tertiary/aromatic N) is 2. The van der Waals surface area contributed by atoms with Gasteiger partial charge in [-0.2, -0.15) is 0 Å². The number of nitrogens with one attached hydrogen (secondary N) is 1. The fourth-order valence-corrected chi connectivity index (χ4v) is 3.14. The summed E-state index contributed by atoms with van der Waals surface area (Å²) in [5, 5.41) is 3.06. The molecule has 1 aliphatic heterocycles. The van der Waals surface area contributed by atoms with Gasteiger partial charge in [0.25, 0.3) is 0 Å². The van der Waals surface area contributed by atoms with Crippen molar-refractivity contribution in [2.24, 2.45) is 5.92 Å². The van der Waals surface area contributed by atoms with Gasteiger partial charge in [0, 0.05) is 31.7 Å². The number of anilines is 1. The van der Waals surface area contributed by atoms with E-state index in [0.717, 1.165) is 43.1 Å². The van der Waals surface area contributed by atoms with Crippen LogP contribution in [-0.4, -0.2) is 31.1 Å². The largest absolute Gasteiger partial charge is 0.497 e. The van der Waals surface area contributed by atoms with Crippen molar-refractivity contribution in [3.05, 3.63) is 53.7 Å². The number of aryl methyl sites for hydroxylation is 1. The Morgan fingerprint density at radius 2 is 1.96 bits per heavy atom. The number of piperidine rings is 1. The van der Waals surface area contributed by atoms with Gasteiger partial charge in [-0.1, -0.05) is 12.1 Å². The molecule has 2 heterocycles. The first kappa shape index (κ1) is 17.3. The fourth-order valence-electron chi connectivity index (χ4n) is 3.14. The van der Waals surface area contributed by atoms with E-state index in [1.807, 2.05) is 36.5 Å². The van der Waals surface area contributed by atoms with Gasteiger partial charge in [0.1, 0.15) is 11.6 Å². The molecule has 1 N–H and O–H groups in total. The first-order valence-electron chi connectivity index (χ1n) is 8.74. The highest BCUT2D eigenvalue weighted by molar-refractivity contribution is 5.79. The molecule has 0 unspecified atom stereocenters. The molecule has 1 aromatic heterocycles. The molecule has 1 aromatic carbocycles. The van der Waals surface area contributed by atoms with Crippen LogP contribution in [0.3, 0.4) is 0 Å². The molecular weight excluding hydrogens is 314 g/mol. The lowest BCUT2D eigenvalue weighted by molar-refractivity contribution is -0.125. The van der Waals surface area contributed by atoms with Gasteiger partial charge in [-0.3, -0.25) is 4.79 Å². The predicted octanol–water partition coefficient (Wildman–Crippen LogP) is 2.93. The highest BCUT2D eigenvalue weighted by Crippen LogP contribution is 2.22. The Hall–Kier alpha value is -2.56. The second-order valence-corrected chi connectivity index (χ2v) is 6.52. The molecule has 1 saturated heterocycles. The van der Waals surface area contributed by atoms with E-state index in [0.29, 0.717) is 6.54 Å². The van der Waals surface area contributed by atoms with Gasteiger partial charge in [0.05, 0.1) is 7.11 Å². The van der Waals surface area contributed by atoms with Crippen molar-refractivity contribution in [2.45, 2.75) is 26.3 Å². The van der Waals surface area contributed by atoms with E-state index < -0.39 is 0 Å². The molecule has 132 valence electrons. The number of aromatic nitrogens is 1. The molecule has 0 saturated carbocycles. The Morgan fingerprint density at radius 3 is 2.60 bits per heavy atom. The summed E-state index contributed by atoms with van der Waals surface area (Å²) in [5.74, 6) is 2.07. The molecule has 1 amide bonds. The number of benzene rings is 1. The summed E-state index contributed by atoms with van der Waals surface area (Å²) >= 11 is 0. The Morgan fingerprint density at radius 1 is 1.24 bits per heavy atom. The maximum atomic E-state index is 12.4. The minimum absolute atomic E-state index is 0.0827. The van der Waals surface area contributed by atoms with Gasteiger partial charge >= 0.3 is 0 Å². The molecule has 0 spiro atoms. The highest BCUT2D eigenvalue weighted by Gasteiger charge is 2.25. The Labute approximate surface area is 149 Å². The summed E-state index contributed by atoms with van der Waals surface area (Å²) in [6.45, 7) is 4.38. The third-order valence-electron chi connectivity index (χ3n) is 4.72. The molecule has 1 fully saturated rings. The SMILES string of the molecule is COc1ccc(CNC(=O)C2CCN(c3cc(C)ccn3)CC2)cc1. The van der Waals surface area contributed by atoms with Crippen molar-refractivity contribution >= 4 is 11.7 Å². The minimum atomic E-state index is 0.0827. The van der Waals surface area contributed by atoms with E-state index in [1.54, 1.807) is 7.11 Å². The van der Waals surface area contributed by atoms with Crippen LogP contribution >= 0.6 is 0 Å². The van der Waals surface area contributed by atoms with Crippen LogP contribution in [0.4, 0.5) is 5.82 Å². The number of amides is 1. The summed E-state index contributed by atoms with van der Waals surface area (Å²) in [6.07, 6.45) is 3.58. The van der Waals surface area contributed by atoms with Crippen molar-refractivity contribution in [1.29, 1.82) is 0 Å². The quantitative estimate of drug-likeness (QED) is 0.910. The maximum absolute atomic E-state index is 12.4. The molecule has 5 heteroatoms. The van der Waals surface area contributed by atoms with Crippen LogP contribution in [0.5, 0.6) is 5.75 Å². The van der Waals surface area contributed by atoms with Crippen LogP contribution in [0.2, 0.25) is 0 Å². The normalized spacial score (nSPS) is 15.0. The van der Waals surface area contributed by atoms with E-state index in [4.69, 9.17) is 4.74 Å². The van der Waals surface area contributed by atoms with Gasteiger partial charge in [0.15, 0.2) is 0 Å². The average molecular weight is 339 g/mol. The lowest BCUT2D eigenvalue weighted by atomic mass is 9.95. The van der Waals surface area contributed by atoms with Crippen LogP contribution in [0.15, 0.2) is 42.6 Å².